The van der Waals surface area contributed by atoms with Crippen LogP contribution in [0.1, 0.15) is 13.8 Å². The maximum absolute atomic E-state index is 10.8. The van der Waals surface area contributed by atoms with Gasteiger partial charge in [0, 0.05) is 12.6 Å². The normalized spacial score (nSPS) is 9.08. The molecule has 0 spiro atoms. The average Bonchev–Trinajstić information content (AvgIpc) is 2.16. The van der Waals surface area contributed by atoms with Crippen LogP contribution in [0.5, 0.6) is 0 Å². The lowest BCUT2D eigenvalue weighted by molar-refractivity contribution is -0.116. The number of carbonyl (C=O) groups is 1. The Morgan fingerprint density at radius 2 is 1.83 bits per heavy atom. The molecule has 0 radical (unpaired) electrons. The van der Waals surface area contributed by atoms with Crippen molar-refractivity contribution in [3.63, 3.8) is 0 Å². The molecular formula is C10H17NO. The predicted octanol–water partition coefficient (Wildman–Crippen LogP) is 2.06. The number of amides is 1. The summed E-state index contributed by atoms with van der Waals surface area (Å²) >= 11 is 0. The maximum atomic E-state index is 10.8. The van der Waals surface area contributed by atoms with Crippen molar-refractivity contribution in [3.05, 3.63) is 37.0 Å². The Hall–Kier alpha value is -1.31. The van der Waals surface area contributed by atoms with Crippen LogP contribution in [-0.2, 0) is 4.79 Å². The van der Waals surface area contributed by atoms with E-state index in [-0.39, 0.29) is 5.91 Å². The van der Waals surface area contributed by atoms with Gasteiger partial charge in [-0.3, -0.25) is 4.79 Å². The Bertz CT molecular complexity index is 180. The minimum atomic E-state index is -0.144. The van der Waals surface area contributed by atoms with Crippen molar-refractivity contribution in [2.75, 3.05) is 7.05 Å². The molecule has 1 amide bonds. The van der Waals surface area contributed by atoms with E-state index in [2.05, 4.69) is 18.5 Å². The summed E-state index contributed by atoms with van der Waals surface area (Å²) in [5, 5.41) is 2.47. The van der Waals surface area contributed by atoms with E-state index in [4.69, 9.17) is 0 Å². The van der Waals surface area contributed by atoms with Crippen molar-refractivity contribution in [3.8, 4) is 0 Å². The van der Waals surface area contributed by atoms with Crippen LogP contribution in [0.4, 0.5) is 0 Å². The van der Waals surface area contributed by atoms with Crippen molar-refractivity contribution in [2.45, 2.75) is 13.8 Å². The second-order valence-corrected chi connectivity index (χ2v) is 1.64. The van der Waals surface area contributed by atoms with Gasteiger partial charge in [0.2, 0.25) is 0 Å². The number of hydrogen-bond acceptors (Lipinski definition) is 1. The highest BCUT2D eigenvalue weighted by atomic mass is 16.1. The zero-order valence-electron chi connectivity index (χ0n) is 8.05. The lowest BCUT2D eigenvalue weighted by Gasteiger charge is -1.96. The van der Waals surface area contributed by atoms with Gasteiger partial charge in [-0.2, -0.15) is 0 Å². The third kappa shape index (κ3) is 5.47. The first-order valence-electron chi connectivity index (χ1n) is 3.93. The molecule has 12 heavy (non-hydrogen) atoms. The van der Waals surface area contributed by atoms with Crippen LogP contribution in [0, 0.1) is 0 Å². The zero-order valence-corrected chi connectivity index (χ0v) is 8.05. The van der Waals surface area contributed by atoms with Crippen molar-refractivity contribution in [1.82, 2.24) is 5.32 Å². The smallest absolute Gasteiger partial charge is 0.250 e. The predicted molar refractivity (Wildman–Crippen MR) is 53.9 cm³/mol. The highest BCUT2D eigenvalue weighted by molar-refractivity contribution is 5.96. The first-order valence-corrected chi connectivity index (χ1v) is 3.93. The lowest BCUT2D eigenvalue weighted by Crippen LogP contribution is -2.18. The minimum absolute atomic E-state index is 0.144. The molecule has 0 saturated carbocycles. The van der Waals surface area contributed by atoms with E-state index >= 15 is 0 Å². The van der Waals surface area contributed by atoms with Gasteiger partial charge in [-0.1, -0.05) is 45.2 Å². The number of carbonyl (C=O) groups excluding carboxylic acids is 1. The van der Waals surface area contributed by atoms with E-state index in [0.717, 1.165) is 0 Å². The van der Waals surface area contributed by atoms with Crippen molar-refractivity contribution in [2.24, 2.45) is 0 Å². The first-order chi connectivity index (χ1) is 5.76. The van der Waals surface area contributed by atoms with E-state index in [1.807, 2.05) is 13.8 Å². The topological polar surface area (TPSA) is 29.1 Å². The van der Waals surface area contributed by atoms with Crippen molar-refractivity contribution < 1.29 is 4.79 Å². The molecule has 0 rings (SSSR count). The Balaban J connectivity index is 0. The molecular weight excluding hydrogens is 150 g/mol. The van der Waals surface area contributed by atoms with Gasteiger partial charge in [0.05, 0.1) is 0 Å². The van der Waals surface area contributed by atoms with E-state index in [1.165, 1.54) is 6.08 Å². The maximum Gasteiger partial charge on any atom is 0.250 e. The summed E-state index contributed by atoms with van der Waals surface area (Å²) in [6, 6.07) is 0. The van der Waals surface area contributed by atoms with Crippen LogP contribution in [0.25, 0.3) is 0 Å². The molecule has 0 aromatic rings. The van der Waals surface area contributed by atoms with Gasteiger partial charge < -0.3 is 5.32 Å². The number of nitrogens with one attached hydrogen (secondary N) is 1. The SMILES string of the molecule is C=C/C=C(\C=C)C(=O)NC.CC. The number of hydrogen-bond donors (Lipinski definition) is 1. The van der Waals surface area contributed by atoms with Gasteiger partial charge in [-0.15, -0.1) is 0 Å². The van der Waals surface area contributed by atoms with Crippen molar-refractivity contribution in [1.29, 1.82) is 0 Å². The summed E-state index contributed by atoms with van der Waals surface area (Å²) in [4.78, 5) is 10.8. The fourth-order valence-electron chi connectivity index (χ4n) is 0.508. The minimum Gasteiger partial charge on any atom is -0.355 e. The van der Waals surface area contributed by atoms with Gasteiger partial charge in [0.25, 0.3) is 5.91 Å². The van der Waals surface area contributed by atoms with Crippen LogP contribution >= 0.6 is 0 Å². The molecule has 2 heteroatoms. The molecule has 0 aliphatic heterocycles. The number of rotatable bonds is 3. The van der Waals surface area contributed by atoms with Crippen LogP contribution in [-0.4, -0.2) is 13.0 Å². The third-order valence-electron chi connectivity index (χ3n) is 1.01. The molecule has 1 N–H and O–H groups in total. The molecule has 0 unspecified atom stereocenters. The summed E-state index contributed by atoms with van der Waals surface area (Å²) in [5.74, 6) is -0.144. The van der Waals surface area contributed by atoms with E-state index in [0.29, 0.717) is 5.57 Å². The fourth-order valence-corrected chi connectivity index (χ4v) is 0.508. The highest BCUT2D eigenvalue weighted by Gasteiger charge is 1.98. The second-order valence-electron chi connectivity index (χ2n) is 1.64. The molecule has 68 valence electrons. The number of allylic oxidation sites excluding steroid dienone is 2. The Morgan fingerprint density at radius 1 is 1.33 bits per heavy atom. The number of likely N-dealkylation sites (N-methyl/N-ethyl adjacent to an activating group) is 1. The van der Waals surface area contributed by atoms with Gasteiger partial charge in [-0.05, 0) is 0 Å². The molecule has 0 fully saturated rings. The Labute approximate surface area is 74.7 Å². The lowest BCUT2D eigenvalue weighted by atomic mass is 10.2. The second kappa shape index (κ2) is 9.69. The summed E-state index contributed by atoms with van der Waals surface area (Å²) in [6.45, 7) is 10.9. The van der Waals surface area contributed by atoms with E-state index in [1.54, 1.807) is 19.2 Å². The van der Waals surface area contributed by atoms with E-state index in [9.17, 15) is 4.79 Å². The Kier molecular flexibility index (Phi) is 10.7. The molecule has 0 heterocycles. The van der Waals surface area contributed by atoms with Gasteiger partial charge in [0.15, 0.2) is 0 Å². The fraction of sp³-hybridized carbons (Fsp3) is 0.300. The summed E-state index contributed by atoms with van der Waals surface area (Å²) in [7, 11) is 1.57. The van der Waals surface area contributed by atoms with Gasteiger partial charge in [0.1, 0.15) is 0 Å². The first kappa shape index (κ1) is 13.3. The van der Waals surface area contributed by atoms with Crippen LogP contribution < -0.4 is 5.32 Å². The van der Waals surface area contributed by atoms with Crippen LogP contribution in [0.2, 0.25) is 0 Å². The van der Waals surface area contributed by atoms with Gasteiger partial charge in [-0.25, -0.2) is 0 Å². The summed E-state index contributed by atoms with van der Waals surface area (Å²) in [5.41, 5.74) is 0.525. The molecule has 0 aliphatic carbocycles. The molecule has 0 aliphatic rings. The average molecular weight is 167 g/mol. The van der Waals surface area contributed by atoms with Crippen molar-refractivity contribution >= 4 is 5.91 Å². The highest BCUT2D eigenvalue weighted by Crippen LogP contribution is 1.94. The summed E-state index contributed by atoms with van der Waals surface area (Å²) < 4.78 is 0. The Morgan fingerprint density at radius 3 is 2.08 bits per heavy atom. The van der Waals surface area contributed by atoms with E-state index < -0.39 is 0 Å². The molecule has 0 saturated heterocycles. The third-order valence-corrected chi connectivity index (χ3v) is 1.01. The molecule has 0 bridgehead atoms. The monoisotopic (exact) mass is 167 g/mol. The summed E-state index contributed by atoms with van der Waals surface area (Å²) in [6.07, 6.45) is 4.64. The molecule has 0 aromatic heterocycles. The standard InChI is InChI=1S/C8H11NO.C2H6/c1-4-6-7(5-2)8(10)9-3;1-2/h4-6H,1-2H2,3H3,(H,9,10);1-2H3/b7-6+;. The largest absolute Gasteiger partial charge is 0.355 e. The molecule has 2 nitrogen and oxygen atoms in total. The quantitative estimate of drug-likeness (QED) is 0.506. The van der Waals surface area contributed by atoms with Crippen LogP contribution in [0.3, 0.4) is 0 Å². The molecule has 0 aromatic carbocycles. The van der Waals surface area contributed by atoms with Crippen LogP contribution in [0.15, 0.2) is 37.0 Å². The van der Waals surface area contributed by atoms with Gasteiger partial charge >= 0.3 is 0 Å². The zero-order chi connectivity index (χ0) is 9.98. The molecule has 0 atom stereocenters.